The minimum Gasteiger partial charge on any atom is -0.468 e. The van der Waals surface area contributed by atoms with Gasteiger partial charge in [0, 0.05) is 81.6 Å². The van der Waals surface area contributed by atoms with Gasteiger partial charge in [-0.1, -0.05) is 20.8 Å². The third-order valence-electron chi connectivity index (χ3n) is 10.9. The van der Waals surface area contributed by atoms with Crippen LogP contribution in [-0.2, 0) is 31.9 Å². The standard InChI is InChI=1S/C37H48N4O6/c1-8-21-17(3)24-14-26-19(5)23(10-11-30(43)47-13-12-42)34(40-26)32-33(37(45)46-7)36(44)31-20(6)27(41-35(31)32)16-29-22(9-2)18(4)25(39-29)15-28(21)38-24/h14-15,19,21,23,33,36,38-42,44H,8-13,16H2,1-7H3/b26-14-,28-15?,34-32-/t19-,21-,23-,33+,36+/m0/s1. The molecule has 5 atom stereocenters. The number of nitrogens with one attached hydrogen (secondary N) is 4. The molecule has 1 aliphatic carbocycles. The van der Waals surface area contributed by atoms with Gasteiger partial charge in [0.2, 0.25) is 0 Å². The molecule has 252 valence electrons. The summed E-state index contributed by atoms with van der Waals surface area (Å²) in [6.07, 6.45) is 6.38. The highest BCUT2D eigenvalue weighted by molar-refractivity contribution is 5.94. The summed E-state index contributed by atoms with van der Waals surface area (Å²) in [4.78, 5) is 33.4. The smallest absolute Gasteiger partial charge is 0.316 e. The van der Waals surface area contributed by atoms with Gasteiger partial charge in [0.1, 0.15) is 12.5 Å². The number of hydrogen-bond donors (Lipinski definition) is 6. The molecule has 1 saturated heterocycles. The molecule has 2 aromatic heterocycles. The first-order valence-corrected chi connectivity index (χ1v) is 16.9. The quantitative estimate of drug-likeness (QED) is 0.221. The second-order valence-electron chi connectivity index (χ2n) is 13.3. The average Bonchev–Trinajstić information content (AvgIpc) is 3.79. The van der Waals surface area contributed by atoms with E-state index < -0.39 is 18.0 Å². The maximum atomic E-state index is 13.4. The molecule has 6 N–H and O–H groups in total. The summed E-state index contributed by atoms with van der Waals surface area (Å²) in [6.45, 7) is 12.6. The van der Waals surface area contributed by atoms with E-state index in [1.165, 1.54) is 23.8 Å². The zero-order valence-corrected chi connectivity index (χ0v) is 28.5. The number of allylic oxidation sites excluding steroid dienone is 4. The number of methoxy groups -OCH3 is 1. The average molecular weight is 645 g/mol. The Bertz CT molecular complexity index is 1740. The number of carbonyl (C=O) groups is 2. The van der Waals surface area contributed by atoms with Crippen molar-refractivity contribution in [3.8, 4) is 0 Å². The number of aliphatic hydroxyl groups is 2. The van der Waals surface area contributed by atoms with E-state index in [0.29, 0.717) is 24.0 Å². The minimum absolute atomic E-state index is 0.0380. The fourth-order valence-corrected chi connectivity index (χ4v) is 8.30. The number of carbonyl (C=O) groups excluding carboxylic acids is 2. The van der Waals surface area contributed by atoms with Crippen LogP contribution in [0.4, 0.5) is 0 Å². The Hall–Kier alpha value is -4.02. The minimum atomic E-state index is -1.09. The van der Waals surface area contributed by atoms with Crippen molar-refractivity contribution in [3.63, 3.8) is 0 Å². The summed E-state index contributed by atoms with van der Waals surface area (Å²) in [7, 11) is 1.35. The van der Waals surface area contributed by atoms with E-state index >= 15 is 0 Å². The first-order chi connectivity index (χ1) is 22.5. The number of aromatic amines is 2. The first kappa shape index (κ1) is 32.9. The molecule has 10 nitrogen and oxygen atoms in total. The molecule has 10 heteroatoms. The molecule has 4 aliphatic rings. The molecule has 0 saturated carbocycles. The molecule has 8 bridgehead atoms. The monoisotopic (exact) mass is 644 g/mol. The lowest BCUT2D eigenvalue weighted by Crippen LogP contribution is -2.24. The van der Waals surface area contributed by atoms with Crippen LogP contribution in [-0.4, -0.2) is 52.4 Å². The Balaban J connectivity index is 1.59. The summed E-state index contributed by atoms with van der Waals surface area (Å²) in [5, 5.41) is 28.4. The van der Waals surface area contributed by atoms with Gasteiger partial charge in [-0.3, -0.25) is 9.59 Å². The van der Waals surface area contributed by atoms with E-state index in [2.05, 4.69) is 67.4 Å². The lowest BCUT2D eigenvalue weighted by molar-refractivity contribution is -0.146. The Morgan fingerprint density at radius 1 is 1.02 bits per heavy atom. The molecule has 0 aromatic carbocycles. The van der Waals surface area contributed by atoms with E-state index in [-0.39, 0.29) is 43.4 Å². The maximum absolute atomic E-state index is 13.4. The summed E-state index contributed by atoms with van der Waals surface area (Å²) < 4.78 is 10.5. The SMILES string of the molecule is CCc1c2[nH]c(c1C)C=C1NC(=C(C)[C@@H]1CC)/C=C1\N/C(=C3\c4[nH]c(c(C)c4[C@@H](O)[C@@H]3C(=O)OC)C2)[C@@H](CCC(=O)OCCO)[C@@H]1C. The zero-order valence-electron chi connectivity index (χ0n) is 28.5. The first-order valence-electron chi connectivity index (χ1n) is 16.9. The number of esters is 2. The van der Waals surface area contributed by atoms with Crippen molar-refractivity contribution in [3.05, 3.63) is 79.5 Å². The largest absolute Gasteiger partial charge is 0.468 e. The number of fused-ring (bicyclic) bond motifs is 7. The normalized spacial score (nSPS) is 27.3. The van der Waals surface area contributed by atoms with Crippen molar-refractivity contribution in [1.29, 1.82) is 0 Å². The van der Waals surface area contributed by atoms with E-state index in [4.69, 9.17) is 14.6 Å². The Morgan fingerprint density at radius 3 is 2.47 bits per heavy atom. The van der Waals surface area contributed by atoms with Crippen LogP contribution in [0.25, 0.3) is 11.6 Å². The molecule has 1 fully saturated rings. The number of H-pyrrole nitrogens is 2. The Labute approximate surface area is 276 Å². The fraction of sp³-hybridized carbons (Fsp3) is 0.514. The molecular weight excluding hydrogens is 596 g/mol. The van der Waals surface area contributed by atoms with Gasteiger partial charge in [-0.05, 0) is 74.4 Å². The van der Waals surface area contributed by atoms with Crippen LogP contribution in [0.1, 0.15) is 98.1 Å². The van der Waals surface area contributed by atoms with Crippen LogP contribution in [0.15, 0.2) is 34.4 Å². The van der Waals surface area contributed by atoms with Crippen LogP contribution < -0.4 is 10.6 Å². The second kappa shape index (κ2) is 12.9. The number of aliphatic hydroxyl groups excluding tert-OH is 2. The number of hydrogen-bond acceptors (Lipinski definition) is 8. The van der Waals surface area contributed by atoms with Gasteiger partial charge in [0.15, 0.2) is 0 Å². The lowest BCUT2D eigenvalue weighted by atomic mass is 9.84. The molecule has 0 unspecified atom stereocenters. The van der Waals surface area contributed by atoms with Crippen LogP contribution in [0, 0.1) is 37.5 Å². The van der Waals surface area contributed by atoms with Crippen LogP contribution >= 0.6 is 0 Å². The van der Waals surface area contributed by atoms with Gasteiger partial charge in [-0.2, -0.15) is 0 Å². The highest BCUT2D eigenvalue weighted by Gasteiger charge is 2.48. The number of aromatic nitrogens is 2. The molecule has 47 heavy (non-hydrogen) atoms. The highest BCUT2D eigenvalue weighted by Crippen LogP contribution is 2.52. The summed E-state index contributed by atoms with van der Waals surface area (Å²) in [5.41, 5.74) is 14.0. The molecule has 6 rings (SSSR count). The predicted molar refractivity (Wildman–Crippen MR) is 179 cm³/mol. The van der Waals surface area contributed by atoms with E-state index in [1.807, 2.05) is 6.92 Å². The highest BCUT2D eigenvalue weighted by atomic mass is 16.5. The Morgan fingerprint density at radius 2 is 1.79 bits per heavy atom. The third-order valence-corrected chi connectivity index (χ3v) is 10.9. The molecule has 5 heterocycles. The Kier molecular flexibility index (Phi) is 9.02. The topological polar surface area (TPSA) is 149 Å². The molecule has 2 aromatic rings. The molecule has 3 aliphatic heterocycles. The fourth-order valence-electron chi connectivity index (χ4n) is 8.30. The lowest BCUT2D eigenvalue weighted by Gasteiger charge is -2.21. The van der Waals surface area contributed by atoms with Gasteiger partial charge >= 0.3 is 11.9 Å². The van der Waals surface area contributed by atoms with Crippen molar-refractivity contribution < 1.29 is 29.3 Å². The number of ether oxygens (including phenoxy) is 2. The summed E-state index contributed by atoms with van der Waals surface area (Å²) >= 11 is 0. The van der Waals surface area contributed by atoms with Crippen LogP contribution in [0.5, 0.6) is 0 Å². The molecule has 0 radical (unpaired) electrons. The van der Waals surface area contributed by atoms with E-state index in [0.717, 1.165) is 64.0 Å². The zero-order chi connectivity index (χ0) is 33.7. The van der Waals surface area contributed by atoms with E-state index in [9.17, 15) is 14.7 Å². The number of rotatable bonds is 8. The molecular formula is C37H48N4O6. The van der Waals surface area contributed by atoms with Gasteiger partial charge in [0.25, 0.3) is 0 Å². The second-order valence-corrected chi connectivity index (χ2v) is 13.3. The summed E-state index contributed by atoms with van der Waals surface area (Å²) in [6, 6.07) is 0. The molecule has 0 spiro atoms. The van der Waals surface area contributed by atoms with Crippen molar-refractivity contribution in [2.45, 2.75) is 79.8 Å². The predicted octanol–water partition coefficient (Wildman–Crippen LogP) is 4.97. The van der Waals surface area contributed by atoms with Gasteiger partial charge < -0.3 is 40.3 Å². The van der Waals surface area contributed by atoms with Crippen molar-refractivity contribution in [2.75, 3.05) is 20.3 Å². The van der Waals surface area contributed by atoms with Crippen molar-refractivity contribution >= 4 is 23.6 Å². The van der Waals surface area contributed by atoms with Crippen molar-refractivity contribution in [2.24, 2.45) is 23.7 Å². The van der Waals surface area contributed by atoms with Gasteiger partial charge in [-0.25, -0.2) is 0 Å². The van der Waals surface area contributed by atoms with Crippen molar-refractivity contribution in [1.82, 2.24) is 20.6 Å². The van der Waals surface area contributed by atoms with Gasteiger partial charge in [0.05, 0.1) is 25.5 Å². The van der Waals surface area contributed by atoms with Crippen LogP contribution in [0.2, 0.25) is 0 Å². The maximum Gasteiger partial charge on any atom is 0.316 e. The van der Waals surface area contributed by atoms with Gasteiger partial charge in [-0.15, -0.1) is 0 Å². The van der Waals surface area contributed by atoms with Crippen LogP contribution in [0.3, 0.4) is 0 Å². The molecule has 0 amide bonds. The summed E-state index contributed by atoms with van der Waals surface area (Å²) in [5.74, 6) is -1.80. The third kappa shape index (κ3) is 5.45. The van der Waals surface area contributed by atoms with E-state index in [1.54, 1.807) is 0 Å².